The van der Waals surface area contributed by atoms with Crippen LogP contribution in [-0.4, -0.2) is 56.0 Å². The average Bonchev–Trinajstić information content (AvgIpc) is 3.27. The Morgan fingerprint density at radius 1 is 1.23 bits per heavy atom. The summed E-state index contributed by atoms with van der Waals surface area (Å²) in [6, 6.07) is 7.75. The molecule has 0 amide bonds. The zero-order chi connectivity index (χ0) is 21.8. The highest BCUT2D eigenvalue weighted by atomic mass is 35.5. The number of nitrogens with one attached hydrogen (secondary N) is 1. The summed E-state index contributed by atoms with van der Waals surface area (Å²) in [6.45, 7) is 0. The summed E-state index contributed by atoms with van der Waals surface area (Å²) in [7, 11) is 1.86. The number of aromatic nitrogens is 4. The van der Waals surface area contributed by atoms with Gasteiger partial charge < -0.3 is 19.9 Å². The zero-order valence-corrected chi connectivity index (χ0v) is 17.5. The highest BCUT2D eigenvalue weighted by Crippen LogP contribution is 2.40. The van der Waals surface area contributed by atoms with Crippen LogP contribution in [0.5, 0.6) is 5.75 Å². The van der Waals surface area contributed by atoms with Gasteiger partial charge in [0, 0.05) is 43.4 Å². The topological polar surface area (TPSA) is 79.1 Å². The molecular weight excluding hydrogens is 426 g/mol. The lowest BCUT2D eigenvalue weighted by Gasteiger charge is -2.36. The van der Waals surface area contributed by atoms with E-state index in [0.717, 1.165) is 0 Å². The molecule has 2 fully saturated rings. The number of aromatic hydroxyl groups is 1. The number of phenolic OH excluding ortho intramolecular Hbond substituents is 1. The van der Waals surface area contributed by atoms with Crippen LogP contribution in [0.15, 0.2) is 42.9 Å². The third kappa shape index (κ3) is 3.72. The molecule has 7 nitrogen and oxygen atoms in total. The maximum absolute atomic E-state index is 14.0. The highest BCUT2D eigenvalue weighted by Gasteiger charge is 2.53. The minimum atomic E-state index is -2.65. The minimum Gasteiger partial charge on any atom is -0.507 e. The minimum absolute atomic E-state index is 0.0283. The fourth-order valence-corrected chi connectivity index (χ4v) is 4.67. The van der Waals surface area contributed by atoms with Crippen molar-refractivity contribution in [1.82, 2.24) is 25.1 Å². The van der Waals surface area contributed by atoms with Crippen LogP contribution in [-0.2, 0) is 0 Å². The predicted octanol–water partition coefficient (Wildman–Crippen LogP) is 3.65. The third-order valence-electron chi connectivity index (χ3n) is 6.20. The summed E-state index contributed by atoms with van der Waals surface area (Å²) < 4.78 is 29.7. The average molecular weight is 447 g/mol. The van der Waals surface area contributed by atoms with Gasteiger partial charge in [-0.25, -0.2) is 13.8 Å². The van der Waals surface area contributed by atoms with E-state index in [1.165, 1.54) is 0 Å². The first-order valence-corrected chi connectivity index (χ1v) is 10.4. The smallest absolute Gasteiger partial charge is 0.264 e. The Labute approximate surface area is 182 Å². The first kappa shape index (κ1) is 20.1. The van der Waals surface area contributed by atoms with Gasteiger partial charge in [0.05, 0.1) is 17.4 Å². The summed E-state index contributed by atoms with van der Waals surface area (Å²) in [6.07, 6.45) is 4.11. The van der Waals surface area contributed by atoms with Gasteiger partial charge in [0.1, 0.15) is 17.2 Å². The van der Waals surface area contributed by atoms with Crippen molar-refractivity contribution >= 4 is 17.4 Å². The van der Waals surface area contributed by atoms with E-state index in [1.807, 2.05) is 18.0 Å². The zero-order valence-electron chi connectivity index (χ0n) is 16.7. The molecule has 0 saturated carbocycles. The van der Waals surface area contributed by atoms with Crippen LogP contribution >= 0.6 is 11.6 Å². The van der Waals surface area contributed by atoms with E-state index in [9.17, 15) is 13.9 Å². The Kier molecular flexibility index (Phi) is 4.82. The highest BCUT2D eigenvalue weighted by molar-refractivity contribution is 6.29. The molecule has 5 rings (SSSR count). The molecule has 2 saturated heterocycles. The van der Waals surface area contributed by atoms with E-state index in [2.05, 4.69) is 20.5 Å². The Morgan fingerprint density at radius 2 is 2.06 bits per heavy atom. The number of phenols is 1. The van der Waals surface area contributed by atoms with E-state index < -0.39 is 12.0 Å². The van der Waals surface area contributed by atoms with Gasteiger partial charge in [-0.1, -0.05) is 11.6 Å². The first-order chi connectivity index (χ1) is 14.8. The van der Waals surface area contributed by atoms with Crippen LogP contribution in [0.4, 0.5) is 14.6 Å². The number of imidazole rings is 1. The van der Waals surface area contributed by atoms with Gasteiger partial charge in [-0.3, -0.25) is 0 Å². The van der Waals surface area contributed by atoms with Gasteiger partial charge in [0.25, 0.3) is 5.92 Å². The van der Waals surface area contributed by atoms with Crippen LogP contribution in [0.2, 0.25) is 5.15 Å². The molecule has 2 bridgehead atoms. The number of benzene rings is 1. The largest absolute Gasteiger partial charge is 0.507 e. The Hall–Kier alpha value is -2.78. The number of alkyl halides is 2. The van der Waals surface area contributed by atoms with E-state index in [0.29, 0.717) is 40.8 Å². The molecule has 2 aliphatic rings. The van der Waals surface area contributed by atoms with Crippen molar-refractivity contribution in [3.63, 3.8) is 0 Å². The van der Waals surface area contributed by atoms with Crippen molar-refractivity contribution < 1.29 is 13.9 Å². The van der Waals surface area contributed by atoms with Gasteiger partial charge in [-0.05, 0) is 37.1 Å². The maximum atomic E-state index is 14.0. The van der Waals surface area contributed by atoms with Gasteiger partial charge in [-0.15, -0.1) is 10.2 Å². The lowest BCUT2D eigenvalue weighted by atomic mass is 9.98. The van der Waals surface area contributed by atoms with Crippen molar-refractivity contribution in [1.29, 1.82) is 0 Å². The second-order valence-electron chi connectivity index (χ2n) is 8.20. The number of anilines is 1. The van der Waals surface area contributed by atoms with Crippen molar-refractivity contribution in [3.8, 4) is 22.7 Å². The van der Waals surface area contributed by atoms with Crippen molar-refractivity contribution in [3.05, 3.63) is 48.0 Å². The van der Waals surface area contributed by atoms with Crippen LogP contribution in [0.3, 0.4) is 0 Å². The SMILES string of the molecule is CN(c1ccc(-c2ccc(-n3cnc(Cl)c3)cc2O)nn1)[C@H]1CC2CC(F)(F)C(C1)N2. The molecular formula is C21H21ClF2N6O. The van der Waals surface area contributed by atoms with E-state index in [4.69, 9.17) is 11.6 Å². The molecule has 3 atom stereocenters. The Morgan fingerprint density at radius 3 is 2.71 bits per heavy atom. The lowest BCUT2D eigenvalue weighted by molar-refractivity contribution is -0.0128. The summed E-state index contributed by atoms with van der Waals surface area (Å²) >= 11 is 5.85. The Bertz CT molecular complexity index is 1110. The Balaban J connectivity index is 1.33. The number of halogens is 3. The molecule has 2 N–H and O–H groups in total. The molecule has 0 radical (unpaired) electrons. The fourth-order valence-electron chi connectivity index (χ4n) is 4.52. The maximum Gasteiger partial charge on any atom is 0.264 e. The van der Waals surface area contributed by atoms with Crippen molar-refractivity contribution in [2.24, 2.45) is 0 Å². The normalized spacial score (nSPS) is 24.3. The first-order valence-electron chi connectivity index (χ1n) is 10.0. The van der Waals surface area contributed by atoms with E-state index >= 15 is 0 Å². The summed E-state index contributed by atoms with van der Waals surface area (Å²) in [4.78, 5) is 5.88. The molecule has 2 aromatic heterocycles. The lowest BCUT2D eigenvalue weighted by Crippen LogP contribution is -2.49. The van der Waals surface area contributed by atoms with Crippen LogP contribution < -0.4 is 10.2 Å². The number of fused-ring (bicyclic) bond motifs is 2. The number of hydrogen-bond acceptors (Lipinski definition) is 6. The van der Waals surface area contributed by atoms with Crippen LogP contribution in [0.1, 0.15) is 19.3 Å². The molecule has 162 valence electrons. The summed E-state index contributed by atoms with van der Waals surface area (Å²) in [5, 5.41) is 22.4. The number of piperidine rings is 1. The monoisotopic (exact) mass is 446 g/mol. The van der Waals surface area contributed by atoms with E-state index in [-0.39, 0.29) is 24.3 Å². The molecule has 4 heterocycles. The molecule has 2 aliphatic heterocycles. The second kappa shape index (κ2) is 7.42. The predicted molar refractivity (Wildman–Crippen MR) is 113 cm³/mol. The molecule has 0 aliphatic carbocycles. The second-order valence-corrected chi connectivity index (χ2v) is 8.59. The molecule has 1 aromatic carbocycles. The molecule has 31 heavy (non-hydrogen) atoms. The number of hydrogen-bond donors (Lipinski definition) is 2. The summed E-state index contributed by atoms with van der Waals surface area (Å²) in [5.74, 6) is -1.99. The van der Waals surface area contributed by atoms with Crippen molar-refractivity contribution in [2.75, 3.05) is 11.9 Å². The molecule has 10 heteroatoms. The van der Waals surface area contributed by atoms with Gasteiger partial charge in [0.2, 0.25) is 0 Å². The van der Waals surface area contributed by atoms with Gasteiger partial charge >= 0.3 is 0 Å². The van der Waals surface area contributed by atoms with Gasteiger partial charge in [-0.2, -0.15) is 0 Å². The van der Waals surface area contributed by atoms with Gasteiger partial charge in [0.15, 0.2) is 5.82 Å². The fraction of sp³-hybridized carbons (Fsp3) is 0.381. The molecule has 3 aromatic rings. The molecule has 2 unspecified atom stereocenters. The standard InChI is InChI=1S/C21H21ClF2N6O/c1-29(14-6-12-9-21(23,24)18(8-14)26-12)20-5-4-16(27-28-20)15-3-2-13(7-17(15)31)30-10-19(22)25-11-30/h2-5,7,10-12,14,18,26,31H,6,8-9H2,1H3/t12?,14-,18?/m0/s1. The quantitative estimate of drug-likeness (QED) is 0.637. The van der Waals surface area contributed by atoms with E-state index in [1.54, 1.807) is 41.4 Å². The van der Waals surface area contributed by atoms with Crippen LogP contribution in [0.25, 0.3) is 16.9 Å². The number of rotatable bonds is 4. The van der Waals surface area contributed by atoms with Crippen molar-refractivity contribution in [2.45, 2.75) is 43.3 Å². The van der Waals surface area contributed by atoms with Crippen LogP contribution in [0, 0.1) is 0 Å². The molecule has 0 spiro atoms. The third-order valence-corrected chi connectivity index (χ3v) is 6.39. The number of nitrogens with zero attached hydrogens (tertiary/aromatic N) is 5. The summed E-state index contributed by atoms with van der Waals surface area (Å²) in [5.41, 5.74) is 1.76.